The van der Waals surface area contributed by atoms with Gasteiger partial charge >= 0.3 is 0 Å². The van der Waals surface area contributed by atoms with Gasteiger partial charge in [0.25, 0.3) is 5.91 Å². The molecule has 0 spiro atoms. The lowest BCUT2D eigenvalue weighted by Crippen LogP contribution is -2.43. The number of thiazole rings is 1. The highest BCUT2D eigenvalue weighted by molar-refractivity contribution is 7.13. The minimum Gasteiger partial charge on any atom is -0.487 e. The second kappa shape index (κ2) is 7.67. The standard InChI is InChI=1S/C21H25N3O4S/c1-11(2)27-16-9-13-8-14(17(25)15-10-29-21(22)23-15)19(16)28-18(13)20(26)24-6-4-12(3)5-7-24/h8-12,18H,4-7H2,1-3H3,(H2,22,23). The quantitative estimate of drug-likeness (QED) is 0.752. The molecule has 1 atom stereocenters. The summed E-state index contributed by atoms with van der Waals surface area (Å²) in [5.41, 5.74) is 6.92. The topological polar surface area (TPSA) is 94.8 Å². The molecule has 3 aliphatic rings. The Kier molecular flexibility index (Phi) is 5.21. The van der Waals surface area contributed by atoms with E-state index in [1.807, 2.05) is 18.7 Å². The molecule has 8 heteroatoms. The molecule has 29 heavy (non-hydrogen) atoms. The van der Waals surface area contributed by atoms with E-state index in [-0.39, 0.29) is 23.5 Å². The average molecular weight is 416 g/mol. The van der Waals surface area contributed by atoms with Crippen molar-refractivity contribution in [3.63, 3.8) is 0 Å². The predicted octanol–water partition coefficient (Wildman–Crippen LogP) is 3.44. The van der Waals surface area contributed by atoms with Crippen LogP contribution in [-0.4, -0.2) is 40.8 Å². The van der Waals surface area contributed by atoms with Crippen LogP contribution in [0.15, 0.2) is 17.5 Å². The Labute approximate surface area is 173 Å². The Balaban J connectivity index is 1.66. The van der Waals surface area contributed by atoms with E-state index >= 15 is 0 Å². The van der Waals surface area contributed by atoms with E-state index in [2.05, 4.69) is 11.9 Å². The van der Waals surface area contributed by atoms with Gasteiger partial charge in [-0.2, -0.15) is 0 Å². The molecule has 1 amide bonds. The number of piperidine rings is 1. The first kappa shape index (κ1) is 19.7. The van der Waals surface area contributed by atoms with Crippen molar-refractivity contribution in [1.29, 1.82) is 0 Å². The van der Waals surface area contributed by atoms with Gasteiger partial charge < -0.3 is 20.1 Å². The van der Waals surface area contributed by atoms with Gasteiger partial charge in [0.15, 0.2) is 16.6 Å². The molecule has 2 aromatic rings. The number of anilines is 1. The zero-order valence-electron chi connectivity index (χ0n) is 16.8. The molecule has 2 bridgehead atoms. The molecule has 0 radical (unpaired) electrons. The van der Waals surface area contributed by atoms with Crippen LogP contribution in [0.1, 0.15) is 61.3 Å². The van der Waals surface area contributed by atoms with Gasteiger partial charge in [0.05, 0.1) is 11.7 Å². The molecule has 1 aromatic carbocycles. The van der Waals surface area contributed by atoms with Crippen molar-refractivity contribution in [2.75, 3.05) is 18.8 Å². The molecular formula is C21H25N3O4S. The molecule has 7 nitrogen and oxygen atoms in total. The van der Waals surface area contributed by atoms with Gasteiger partial charge in [-0.25, -0.2) is 4.98 Å². The highest BCUT2D eigenvalue weighted by Crippen LogP contribution is 2.45. The Morgan fingerprint density at radius 2 is 2.03 bits per heavy atom. The van der Waals surface area contributed by atoms with Crippen LogP contribution in [-0.2, 0) is 4.79 Å². The number of amides is 1. The van der Waals surface area contributed by atoms with E-state index in [1.54, 1.807) is 17.5 Å². The van der Waals surface area contributed by atoms with Crippen molar-refractivity contribution in [2.24, 2.45) is 5.92 Å². The number of carbonyl (C=O) groups excluding carboxylic acids is 2. The second-order valence-corrected chi connectivity index (χ2v) is 8.86. The summed E-state index contributed by atoms with van der Waals surface area (Å²) in [4.78, 5) is 32.0. The Morgan fingerprint density at radius 1 is 1.31 bits per heavy atom. The predicted molar refractivity (Wildman–Crippen MR) is 111 cm³/mol. The number of nitrogen functional groups attached to an aromatic ring is 1. The number of hydrogen-bond acceptors (Lipinski definition) is 7. The second-order valence-electron chi connectivity index (χ2n) is 7.97. The third-order valence-corrected chi connectivity index (χ3v) is 5.97. The summed E-state index contributed by atoms with van der Waals surface area (Å²) >= 11 is 1.21. The Hall–Kier alpha value is -2.61. The molecule has 0 aliphatic carbocycles. The minimum atomic E-state index is -0.741. The largest absolute Gasteiger partial charge is 0.487 e. The van der Waals surface area contributed by atoms with Crippen molar-refractivity contribution < 1.29 is 19.1 Å². The van der Waals surface area contributed by atoms with E-state index in [0.717, 1.165) is 25.9 Å². The van der Waals surface area contributed by atoms with Crippen LogP contribution in [0, 0.1) is 5.92 Å². The van der Waals surface area contributed by atoms with Gasteiger partial charge in [0.2, 0.25) is 11.9 Å². The number of rotatable bonds is 5. The summed E-state index contributed by atoms with van der Waals surface area (Å²) in [6.45, 7) is 7.47. The van der Waals surface area contributed by atoms with Crippen molar-refractivity contribution in [3.05, 3.63) is 34.3 Å². The number of nitrogens with two attached hydrogens (primary N) is 1. The summed E-state index contributed by atoms with van der Waals surface area (Å²) in [5, 5.41) is 1.95. The van der Waals surface area contributed by atoms with E-state index < -0.39 is 6.10 Å². The van der Waals surface area contributed by atoms with Crippen LogP contribution in [0.5, 0.6) is 11.5 Å². The number of hydrogen-bond donors (Lipinski definition) is 1. The molecular weight excluding hydrogens is 390 g/mol. The zero-order valence-corrected chi connectivity index (χ0v) is 17.6. The third kappa shape index (κ3) is 3.81. The first-order chi connectivity index (χ1) is 13.8. The number of fused-ring (bicyclic) bond motifs is 3. The smallest absolute Gasteiger partial charge is 0.268 e. The number of ether oxygens (including phenoxy) is 2. The normalized spacial score (nSPS) is 18.8. The van der Waals surface area contributed by atoms with Crippen LogP contribution in [0.4, 0.5) is 5.13 Å². The first-order valence-corrected chi connectivity index (χ1v) is 10.8. The number of ketones is 1. The third-order valence-electron chi connectivity index (χ3n) is 5.30. The molecule has 0 saturated carbocycles. The maximum absolute atomic E-state index is 13.1. The fraction of sp³-hybridized carbons (Fsp3) is 0.476. The minimum absolute atomic E-state index is 0.0649. The lowest BCUT2D eigenvalue weighted by Gasteiger charge is -2.35. The Bertz CT molecular complexity index is 947. The number of aromatic nitrogens is 1. The van der Waals surface area contributed by atoms with E-state index in [4.69, 9.17) is 15.2 Å². The maximum Gasteiger partial charge on any atom is 0.268 e. The summed E-state index contributed by atoms with van der Waals surface area (Å²) < 4.78 is 11.9. The molecule has 1 fully saturated rings. The van der Waals surface area contributed by atoms with Crippen LogP contribution in [0.25, 0.3) is 0 Å². The molecule has 2 N–H and O–H groups in total. The van der Waals surface area contributed by atoms with Crippen LogP contribution in [0.2, 0.25) is 0 Å². The van der Waals surface area contributed by atoms with Gasteiger partial charge in [-0.1, -0.05) is 6.92 Å². The van der Waals surface area contributed by atoms with Crippen LogP contribution < -0.4 is 15.2 Å². The molecule has 5 rings (SSSR count). The molecule has 1 saturated heterocycles. The lowest BCUT2D eigenvalue weighted by atomic mass is 9.94. The SMILES string of the molecule is CC1CCN(C(=O)C2Oc3c(OC(C)C)cc2cc3C(=O)c2csc(N)n2)CC1. The Morgan fingerprint density at radius 3 is 2.62 bits per heavy atom. The van der Waals surface area contributed by atoms with Crippen molar-refractivity contribution in [1.82, 2.24) is 9.88 Å². The van der Waals surface area contributed by atoms with Gasteiger partial charge in [-0.05, 0) is 44.7 Å². The monoisotopic (exact) mass is 415 g/mol. The zero-order chi connectivity index (χ0) is 20.7. The molecule has 1 aromatic heterocycles. The van der Waals surface area contributed by atoms with Crippen molar-refractivity contribution in [3.8, 4) is 11.5 Å². The number of nitrogens with zero attached hydrogens (tertiary/aromatic N) is 2. The van der Waals surface area contributed by atoms with Crippen molar-refractivity contribution >= 4 is 28.2 Å². The van der Waals surface area contributed by atoms with Gasteiger partial charge in [-0.15, -0.1) is 11.3 Å². The molecule has 4 heterocycles. The molecule has 3 aliphatic heterocycles. The summed E-state index contributed by atoms with van der Waals surface area (Å²) in [6, 6.07) is 3.53. The first-order valence-electron chi connectivity index (χ1n) is 9.89. The van der Waals surface area contributed by atoms with Gasteiger partial charge in [0.1, 0.15) is 5.69 Å². The van der Waals surface area contributed by atoms with E-state index in [1.165, 1.54) is 11.3 Å². The van der Waals surface area contributed by atoms with E-state index in [0.29, 0.717) is 33.7 Å². The molecule has 154 valence electrons. The highest BCUT2D eigenvalue weighted by Gasteiger charge is 2.38. The highest BCUT2D eigenvalue weighted by atomic mass is 32.1. The number of benzene rings is 1. The maximum atomic E-state index is 13.1. The molecule has 1 unspecified atom stereocenters. The lowest BCUT2D eigenvalue weighted by molar-refractivity contribution is -0.140. The average Bonchev–Trinajstić information content (AvgIpc) is 3.13. The fourth-order valence-electron chi connectivity index (χ4n) is 3.71. The van der Waals surface area contributed by atoms with Gasteiger partial charge in [0, 0.05) is 24.0 Å². The fourth-order valence-corrected chi connectivity index (χ4v) is 4.25. The number of likely N-dealkylation sites (tertiary alicyclic amines) is 1. The van der Waals surface area contributed by atoms with Crippen molar-refractivity contribution in [2.45, 2.75) is 45.8 Å². The number of carbonyl (C=O) groups is 2. The van der Waals surface area contributed by atoms with Crippen LogP contribution in [0.3, 0.4) is 0 Å². The van der Waals surface area contributed by atoms with E-state index in [9.17, 15) is 9.59 Å². The summed E-state index contributed by atoms with van der Waals surface area (Å²) in [6.07, 6.45) is 1.15. The summed E-state index contributed by atoms with van der Waals surface area (Å²) in [5.74, 6) is 1.05. The van der Waals surface area contributed by atoms with Crippen LogP contribution >= 0.6 is 11.3 Å². The summed E-state index contributed by atoms with van der Waals surface area (Å²) in [7, 11) is 0. The van der Waals surface area contributed by atoms with Gasteiger partial charge in [-0.3, -0.25) is 9.59 Å².